The van der Waals surface area contributed by atoms with Crippen LogP contribution in [0.4, 0.5) is 4.39 Å². The molecule has 0 radical (unpaired) electrons. The van der Waals surface area contributed by atoms with Crippen LogP contribution in [0.3, 0.4) is 0 Å². The molecule has 1 aromatic carbocycles. The molecule has 66 valence electrons. The molecule has 1 aromatic rings. The molecule has 1 saturated heterocycles. The zero-order chi connectivity index (χ0) is 7.68. The van der Waals surface area contributed by atoms with Gasteiger partial charge in [-0.15, -0.1) is 12.4 Å². The monoisotopic (exact) mass is 187 g/mol. The Balaban J connectivity index is 0.000000720. The average Bonchev–Trinajstić information content (AvgIpc) is 1.90. The molecular weight excluding hydrogens is 177 g/mol. The fourth-order valence-electron chi connectivity index (χ4n) is 1.31. The van der Waals surface area contributed by atoms with Gasteiger partial charge in [0.05, 0.1) is 0 Å². The summed E-state index contributed by atoms with van der Waals surface area (Å²) >= 11 is 0. The predicted octanol–water partition coefficient (Wildman–Crippen LogP) is 2.28. The number of benzene rings is 1. The lowest BCUT2D eigenvalue weighted by Gasteiger charge is -2.28. The molecule has 0 saturated carbocycles. The van der Waals surface area contributed by atoms with Gasteiger partial charge in [0.2, 0.25) is 0 Å². The molecule has 1 atom stereocenters. The van der Waals surface area contributed by atoms with E-state index < -0.39 is 0 Å². The smallest absolute Gasteiger partial charge is 0.127 e. The van der Waals surface area contributed by atoms with Crippen molar-refractivity contribution in [3.05, 3.63) is 35.6 Å². The van der Waals surface area contributed by atoms with Gasteiger partial charge in [-0.2, -0.15) is 0 Å². The first-order valence-corrected chi connectivity index (χ1v) is 3.86. The predicted molar refractivity (Wildman–Crippen MR) is 49.0 cm³/mol. The third-order valence-electron chi connectivity index (χ3n) is 2.10. The Morgan fingerprint density at radius 1 is 1.33 bits per heavy atom. The molecule has 1 aliphatic heterocycles. The molecule has 0 unspecified atom stereocenters. The van der Waals surface area contributed by atoms with Crippen molar-refractivity contribution in [3.63, 3.8) is 0 Å². The molecule has 1 fully saturated rings. The highest BCUT2D eigenvalue weighted by molar-refractivity contribution is 5.85. The molecule has 1 nitrogen and oxygen atoms in total. The first-order valence-electron chi connectivity index (χ1n) is 3.86. The molecule has 12 heavy (non-hydrogen) atoms. The lowest BCUT2D eigenvalue weighted by Crippen LogP contribution is -2.35. The molecule has 0 spiro atoms. The fraction of sp³-hybridized carbons (Fsp3) is 0.333. The highest BCUT2D eigenvalue weighted by Gasteiger charge is 2.20. The minimum Gasteiger partial charge on any atom is -0.310 e. The van der Waals surface area contributed by atoms with Gasteiger partial charge in [-0.1, -0.05) is 18.2 Å². The zero-order valence-electron chi connectivity index (χ0n) is 6.59. The molecule has 3 heteroatoms. The van der Waals surface area contributed by atoms with Crippen LogP contribution < -0.4 is 5.32 Å². The molecule has 1 aliphatic rings. The Labute approximate surface area is 77.4 Å². The molecule has 0 bridgehead atoms. The van der Waals surface area contributed by atoms with E-state index in [4.69, 9.17) is 0 Å². The van der Waals surface area contributed by atoms with Crippen LogP contribution in [0.5, 0.6) is 0 Å². The normalized spacial score (nSPS) is 20.9. The summed E-state index contributed by atoms with van der Waals surface area (Å²) in [6.07, 6.45) is 1.06. The van der Waals surface area contributed by atoms with Crippen LogP contribution in [0.15, 0.2) is 24.3 Å². The lowest BCUT2D eigenvalue weighted by atomic mass is 9.98. The van der Waals surface area contributed by atoms with E-state index >= 15 is 0 Å². The van der Waals surface area contributed by atoms with Crippen molar-refractivity contribution < 1.29 is 4.39 Å². The van der Waals surface area contributed by atoms with Gasteiger partial charge in [-0.25, -0.2) is 4.39 Å². The first-order chi connectivity index (χ1) is 5.38. The average molecular weight is 188 g/mol. The van der Waals surface area contributed by atoms with Crippen LogP contribution in [-0.2, 0) is 0 Å². The van der Waals surface area contributed by atoms with E-state index in [9.17, 15) is 4.39 Å². The van der Waals surface area contributed by atoms with Crippen LogP contribution >= 0.6 is 12.4 Å². The topological polar surface area (TPSA) is 12.0 Å². The van der Waals surface area contributed by atoms with E-state index in [0.717, 1.165) is 18.5 Å². The van der Waals surface area contributed by atoms with Gasteiger partial charge < -0.3 is 5.32 Å². The van der Waals surface area contributed by atoms with Crippen molar-refractivity contribution >= 4 is 12.4 Å². The van der Waals surface area contributed by atoms with Gasteiger partial charge in [0.25, 0.3) is 0 Å². The molecular formula is C9H11ClFN. The van der Waals surface area contributed by atoms with Gasteiger partial charge >= 0.3 is 0 Å². The van der Waals surface area contributed by atoms with Crippen LogP contribution in [0.2, 0.25) is 0 Å². The Kier molecular flexibility index (Phi) is 3.06. The maximum atomic E-state index is 13.0. The van der Waals surface area contributed by atoms with Crippen molar-refractivity contribution in [1.82, 2.24) is 5.32 Å². The summed E-state index contributed by atoms with van der Waals surface area (Å²) in [6, 6.07) is 7.20. The highest BCUT2D eigenvalue weighted by Crippen LogP contribution is 2.24. The summed E-state index contributed by atoms with van der Waals surface area (Å²) in [5, 5.41) is 3.16. The summed E-state index contributed by atoms with van der Waals surface area (Å²) in [5.41, 5.74) is 0.804. The van der Waals surface area contributed by atoms with Crippen LogP contribution in [0.25, 0.3) is 0 Å². The van der Waals surface area contributed by atoms with Gasteiger partial charge in [0, 0.05) is 11.6 Å². The third-order valence-corrected chi connectivity index (χ3v) is 2.10. The van der Waals surface area contributed by atoms with E-state index in [1.54, 1.807) is 6.07 Å². The summed E-state index contributed by atoms with van der Waals surface area (Å²) in [4.78, 5) is 0. The maximum absolute atomic E-state index is 13.0. The van der Waals surface area contributed by atoms with Crippen molar-refractivity contribution in [2.45, 2.75) is 12.5 Å². The number of rotatable bonds is 1. The zero-order valence-corrected chi connectivity index (χ0v) is 7.40. The van der Waals surface area contributed by atoms with Gasteiger partial charge in [0.15, 0.2) is 0 Å². The van der Waals surface area contributed by atoms with Gasteiger partial charge in [-0.05, 0) is 19.0 Å². The second-order valence-electron chi connectivity index (χ2n) is 2.82. The van der Waals surface area contributed by atoms with Crippen molar-refractivity contribution in [3.8, 4) is 0 Å². The van der Waals surface area contributed by atoms with Gasteiger partial charge in [-0.3, -0.25) is 0 Å². The Hall–Kier alpha value is -0.600. The number of hydrogen-bond acceptors (Lipinski definition) is 1. The molecule has 1 N–H and O–H groups in total. The quantitative estimate of drug-likeness (QED) is 0.712. The third kappa shape index (κ3) is 1.59. The summed E-state index contributed by atoms with van der Waals surface area (Å²) in [5.74, 6) is -0.0929. The van der Waals surface area contributed by atoms with Gasteiger partial charge in [0.1, 0.15) is 5.82 Å². The van der Waals surface area contributed by atoms with Crippen molar-refractivity contribution in [1.29, 1.82) is 0 Å². The molecule has 0 aliphatic carbocycles. The minimum absolute atomic E-state index is 0. The first kappa shape index (κ1) is 9.49. The number of hydrogen-bond donors (Lipinski definition) is 1. The van der Waals surface area contributed by atoms with Crippen LogP contribution in [0, 0.1) is 5.82 Å². The van der Waals surface area contributed by atoms with Crippen molar-refractivity contribution in [2.24, 2.45) is 0 Å². The fourth-order valence-corrected chi connectivity index (χ4v) is 1.31. The molecule has 1 heterocycles. The van der Waals surface area contributed by atoms with E-state index in [1.165, 1.54) is 6.07 Å². The Morgan fingerprint density at radius 2 is 2.00 bits per heavy atom. The number of nitrogens with one attached hydrogen (secondary N) is 1. The van der Waals surface area contributed by atoms with Crippen molar-refractivity contribution in [2.75, 3.05) is 6.54 Å². The van der Waals surface area contributed by atoms with E-state index in [0.29, 0.717) is 0 Å². The lowest BCUT2D eigenvalue weighted by molar-refractivity contribution is 0.370. The van der Waals surface area contributed by atoms with Crippen LogP contribution in [-0.4, -0.2) is 6.54 Å². The molecule has 2 rings (SSSR count). The second kappa shape index (κ2) is 3.87. The Morgan fingerprint density at radius 3 is 2.50 bits per heavy atom. The minimum atomic E-state index is -0.0929. The molecule has 0 aromatic heterocycles. The molecule has 0 amide bonds. The Bertz CT molecular complexity index is 260. The van der Waals surface area contributed by atoms with Crippen LogP contribution in [0.1, 0.15) is 18.0 Å². The standard InChI is InChI=1S/C9H10FN.ClH/c10-8-4-2-1-3-7(8)9-5-6-11-9;/h1-4,9,11H,5-6H2;1H/t9-;/m1./s1. The summed E-state index contributed by atoms with van der Waals surface area (Å²) in [7, 11) is 0. The summed E-state index contributed by atoms with van der Waals surface area (Å²) < 4.78 is 13.0. The second-order valence-corrected chi connectivity index (χ2v) is 2.82. The van der Waals surface area contributed by atoms with E-state index in [-0.39, 0.29) is 24.3 Å². The van der Waals surface area contributed by atoms with E-state index in [2.05, 4.69) is 5.32 Å². The number of halogens is 2. The van der Waals surface area contributed by atoms with E-state index in [1.807, 2.05) is 12.1 Å². The SMILES string of the molecule is Cl.Fc1ccccc1[C@H]1CCN1. The highest BCUT2D eigenvalue weighted by atomic mass is 35.5. The largest absolute Gasteiger partial charge is 0.310 e. The summed E-state index contributed by atoms with van der Waals surface area (Å²) in [6.45, 7) is 1.01. The maximum Gasteiger partial charge on any atom is 0.127 e.